The van der Waals surface area contributed by atoms with Gasteiger partial charge in [0, 0.05) is 21.3 Å². The molecule has 0 saturated carbocycles. The first-order valence-corrected chi connectivity index (χ1v) is 5.00. The summed E-state index contributed by atoms with van der Waals surface area (Å²) in [7, 11) is 0. The van der Waals surface area contributed by atoms with Gasteiger partial charge in [-0.25, -0.2) is 0 Å². The Kier molecular flexibility index (Phi) is 2.23. The summed E-state index contributed by atoms with van der Waals surface area (Å²) in [6.45, 7) is -0.000123. The van der Waals surface area contributed by atoms with E-state index in [-0.39, 0.29) is 6.61 Å². The molecule has 0 unspecified atom stereocenters. The van der Waals surface area contributed by atoms with E-state index >= 15 is 0 Å². The first-order valence-electron chi connectivity index (χ1n) is 4.12. The zero-order chi connectivity index (χ0) is 10.1. The zero-order valence-electron chi connectivity index (χ0n) is 7.36. The Balaban J connectivity index is 2.75. The minimum atomic E-state index is -0.000123. The topological polar surface area (TPSA) is 63.3 Å². The van der Waals surface area contributed by atoms with Gasteiger partial charge in [-0.15, -0.1) is 11.3 Å². The van der Waals surface area contributed by atoms with E-state index in [0.29, 0.717) is 11.3 Å². The van der Waals surface area contributed by atoms with Crippen LogP contribution in [0.5, 0.6) is 0 Å². The third-order valence-electron chi connectivity index (χ3n) is 2.16. The number of anilines is 1. The molecule has 4 heteroatoms. The van der Waals surface area contributed by atoms with Crippen LogP contribution in [0.1, 0.15) is 15.9 Å². The summed E-state index contributed by atoms with van der Waals surface area (Å²) in [5, 5.41) is 11.8. The van der Waals surface area contributed by atoms with Gasteiger partial charge in [0.15, 0.2) is 6.29 Å². The van der Waals surface area contributed by atoms with Crippen LogP contribution >= 0.6 is 11.3 Å². The number of benzene rings is 1. The molecule has 2 aromatic rings. The highest BCUT2D eigenvalue weighted by Crippen LogP contribution is 2.29. The second kappa shape index (κ2) is 3.40. The Bertz CT molecular complexity index is 490. The van der Waals surface area contributed by atoms with Crippen LogP contribution in [0.3, 0.4) is 0 Å². The quantitative estimate of drug-likeness (QED) is 0.583. The van der Waals surface area contributed by atoms with E-state index in [4.69, 9.17) is 10.8 Å². The van der Waals surface area contributed by atoms with Crippen LogP contribution in [0.4, 0.5) is 5.69 Å². The molecule has 0 fully saturated rings. The Morgan fingerprint density at radius 3 is 2.93 bits per heavy atom. The molecule has 0 aliphatic heterocycles. The normalized spacial score (nSPS) is 10.6. The molecule has 3 nitrogen and oxygen atoms in total. The molecule has 14 heavy (non-hydrogen) atoms. The minimum Gasteiger partial charge on any atom is -0.398 e. The van der Waals surface area contributed by atoms with E-state index < -0.39 is 0 Å². The van der Waals surface area contributed by atoms with Gasteiger partial charge in [-0.3, -0.25) is 4.79 Å². The average molecular weight is 207 g/mol. The van der Waals surface area contributed by atoms with Crippen LogP contribution in [0.25, 0.3) is 10.1 Å². The predicted molar refractivity (Wildman–Crippen MR) is 57.5 cm³/mol. The molecule has 1 heterocycles. The molecule has 0 radical (unpaired) electrons. The smallest absolute Gasteiger partial charge is 0.152 e. The number of hydrogen-bond acceptors (Lipinski definition) is 4. The van der Waals surface area contributed by atoms with Gasteiger partial charge in [0.25, 0.3) is 0 Å². The highest BCUT2D eigenvalue weighted by Gasteiger charge is 2.06. The second-order valence-corrected chi connectivity index (χ2v) is 3.93. The molecule has 2 rings (SSSR count). The van der Waals surface area contributed by atoms with Crippen LogP contribution in [-0.2, 0) is 6.61 Å². The highest BCUT2D eigenvalue weighted by atomic mass is 32.1. The molecule has 0 spiro atoms. The fourth-order valence-corrected chi connectivity index (χ4v) is 2.37. The van der Waals surface area contributed by atoms with Gasteiger partial charge < -0.3 is 10.8 Å². The van der Waals surface area contributed by atoms with Crippen molar-refractivity contribution in [1.82, 2.24) is 0 Å². The summed E-state index contributed by atoms with van der Waals surface area (Å²) in [5.74, 6) is 0. The zero-order valence-corrected chi connectivity index (χ0v) is 8.17. The van der Waals surface area contributed by atoms with Crippen molar-refractivity contribution in [3.05, 3.63) is 28.6 Å². The lowest BCUT2D eigenvalue weighted by Crippen LogP contribution is -1.92. The number of aliphatic hydroxyl groups excluding tert-OH is 1. The number of rotatable bonds is 2. The number of nitrogen functional groups attached to an aromatic ring is 1. The molecule has 72 valence electrons. The number of fused-ring (bicyclic) bond motifs is 1. The van der Waals surface area contributed by atoms with Gasteiger partial charge >= 0.3 is 0 Å². The summed E-state index contributed by atoms with van der Waals surface area (Å²) in [5.41, 5.74) is 7.49. The Morgan fingerprint density at radius 1 is 1.50 bits per heavy atom. The summed E-state index contributed by atoms with van der Waals surface area (Å²) in [6, 6.07) is 3.49. The molecule has 0 bridgehead atoms. The van der Waals surface area contributed by atoms with E-state index in [2.05, 4.69) is 0 Å². The Hall–Kier alpha value is -1.39. The monoisotopic (exact) mass is 207 g/mol. The van der Waals surface area contributed by atoms with Gasteiger partial charge in [0.1, 0.15) is 0 Å². The Morgan fingerprint density at radius 2 is 2.29 bits per heavy atom. The van der Waals surface area contributed by atoms with E-state index in [9.17, 15) is 4.79 Å². The number of nitrogens with two attached hydrogens (primary N) is 1. The molecule has 1 aromatic heterocycles. The SMILES string of the molecule is Nc1cc2c(CO)csc2cc1C=O. The van der Waals surface area contributed by atoms with E-state index in [1.165, 1.54) is 11.3 Å². The van der Waals surface area contributed by atoms with E-state index in [0.717, 1.165) is 21.9 Å². The van der Waals surface area contributed by atoms with Gasteiger partial charge in [0.2, 0.25) is 0 Å². The maximum atomic E-state index is 10.6. The van der Waals surface area contributed by atoms with Gasteiger partial charge in [-0.05, 0) is 23.1 Å². The first-order chi connectivity index (χ1) is 6.76. The lowest BCUT2D eigenvalue weighted by molar-refractivity contribution is 0.112. The van der Waals surface area contributed by atoms with Crippen molar-refractivity contribution in [2.45, 2.75) is 6.61 Å². The van der Waals surface area contributed by atoms with Gasteiger partial charge in [0.05, 0.1) is 6.61 Å². The summed E-state index contributed by atoms with van der Waals surface area (Å²) >= 11 is 1.50. The van der Waals surface area contributed by atoms with Crippen LogP contribution in [0.15, 0.2) is 17.5 Å². The number of aliphatic hydroxyl groups is 1. The summed E-state index contributed by atoms with van der Waals surface area (Å²) in [6.07, 6.45) is 0.743. The Labute approximate surface area is 84.8 Å². The van der Waals surface area contributed by atoms with Crippen molar-refractivity contribution in [3.63, 3.8) is 0 Å². The molecular weight excluding hydrogens is 198 g/mol. The lowest BCUT2D eigenvalue weighted by atomic mass is 10.1. The van der Waals surface area contributed by atoms with Gasteiger partial charge in [-0.2, -0.15) is 0 Å². The van der Waals surface area contributed by atoms with Crippen molar-refractivity contribution < 1.29 is 9.90 Å². The first kappa shape index (κ1) is 9.18. The van der Waals surface area contributed by atoms with Crippen molar-refractivity contribution in [1.29, 1.82) is 0 Å². The predicted octanol–water partition coefficient (Wildman–Crippen LogP) is 1.79. The maximum Gasteiger partial charge on any atom is 0.152 e. The van der Waals surface area contributed by atoms with Crippen molar-refractivity contribution in [2.75, 3.05) is 5.73 Å². The fraction of sp³-hybridized carbons (Fsp3) is 0.100. The average Bonchev–Trinajstić information content (AvgIpc) is 2.58. The molecule has 0 amide bonds. The maximum absolute atomic E-state index is 10.6. The number of hydrogen-bond donors (Lipinski definition) is 2. The number of thiophene rings is 1. The second-order valence-electron chi connectivity index (χ2n) is 3.01. The highest BCUT2D eigenvalue weighted by molar-refractivity contribution is 7.17. The minimum absolute atomic E-state index is 0.000123. The van der Waals surface area contributed by atoms with Crippen LogP contribution in [-0.4, -0.2) is 11.4 Å². The number of aldehydes is 1. The van der Waals surface area contributed by atoms with E-state index in [1.54, 1.807) is 12.1 Å². The third-order valence-corrected chi connectivity index (χ3v) is 3.15. The van der Waals surface area contributed by atoms with Crippen molar-refractivity contribution >= 4 is 33.4 Å². The molecule has 3 N–H and O–H groups in total. The molecule has 0 aliphatic rings. The number of carbonyl (C=O) groups excluding carboxylic acids is 1. The number of carbonyl (C=O) groups is 1. The fourth-order valence-electron chi connectivity index (χ4n) is 1.38. The van der Waals surface area contributed by atoms with Crippen LogP contribution < -0.4 is 5.73 Å². The van der Waals surface area contributed by atoms with E-state index in [1.807, 2.05) is 5.38 Å². The standard InChI is InChI=1S/C10H9NO2S/c11-9-2-8-7(4-13)5-14-10(8)1-6(9)3-12/h1-3,5,13H,4,11H2. The lowest BCUT2D eigenvalue weighted by Gasteiger charge is -1.99. The van der Waals surface area contributed by atoms with Crippen LogP contribution in [0.2, 0.25) is 0 Å². The van der Waals surface area contributed by atoms with Crippen LogP contribution in [0, 0.1) is 0 Å². The summed E-state index contributed by atoms with van der Waals surface area (Å²) in [4.78, 5) is 10.6. The molecule has 0 aliphatic carbocycles. The molecule has 0 atom stereocenters. The molecule has 1 aromatic carbocycles. The van der Waals surface area contributed by atoms with Crippen molar-refractivity contribution in [2.24, 2.45) is 0 Å². The molecule has 0 saturated heterocycles. The summed E-state index contributed by atoms with van der Waals surface area (Å²) < 4.78 is 0.977. The molecular formula is C10H9NO2S. The largest absolute Gasteiger partial charge is 0.398 e. The third kappa shape index (κ3) is 1.29. The van der Waals surface area contributed by atoms with Crippen molar-refractivity contribution in [3.8, 4) is 0 Å². The van der Waals surface area contributed by atoms with Gasteiger partial charge in [-0.1, -0.05) is 0 Å².